The average molecular weight is 263 g/mol. The first-order valence-electron chi connectivity index (χ1n) is 6.76. The number of carbonyl (C=O) groups excluding carboxylic acids is 1. The Morgan fingerprint density at radius 3 is 2.74 bits per heavy atom. The molecule has 1 atom stereocenters. The van der Waals surface area contributed by atoms with Gasteiger partial charge in [-0.15, -0.1) is 0 Å². The monoisotopic (exact) mass is 263 g/mol. The van der Waals surface area contributed by atoms with Gasteiger partial charge in [-0.1, -0.05) is 19.4 Å². The zero-order valence-electron chi connectivity index (χ0n) is 11.3. The van der Waals surface area contributed by atoms with E-state index in [0.717, 1.165) is 12.1 Å². The van der Waals surface area contributed by atoms with Crippen molar-refractivity contribution in [2.75, 3.05) is 26.3 Å². The van der Waals surface area contributed by atoms with E-state index in [2.05, 4.69) is 16.8 Å². The summed E-state index contributed by atoms with van der Waals surface area (Å²) in [4.78, 5) is 18.7. The van der Waals surface area contributed by atoms with Gasteiger partial charge in [0.1, 0.15) is 5.54 Å². The largest absolute Gasteiger partial charge is 0.379 e. The molecule has 1 aromatic heterocycles. The molecule has 2 rings (SSSR count). The number of morpholine rings is 1. The van der Waals surface area contributed by atoms with Crippen LogP contribution in [0.1, 0.15) is 25.5 Å². The lowest BCUT2D eigenvalue weighted by Crippen LogP contribution is -2.58. The van der Waals surface area contributed by atoms with Gasteiger partial charge in [0.2, 0.25) is 5.91 Å². The highest BCUT2D eigenvalue weighted by Gasteiger charge is 2.45. The van der Waals surface area contributed by atoms with E-state index in [-0.39, 0.29) is 5.91 Å². The average Bonchev–Trinajstić information content (AvgIpc) is 2.46. The Morgan fingerprint density at radius 2 is 2.21 bits per heavy atom. The van der Waals surface area contributed by atoms with Crippen LogP contribution in [0.25, 0.3) is 0 Å². The second-order valence-corrected chi connectivity index (χ2v) is 4.79. The number of pyridine rings is 1. The Labute approximate surface area is 113 Å². The van der Waals surface area contributed by atoms with Crippen molar-refractivity contribution in [2.45, 2.75) is 25.3 Å². The van der Waals surface area contributed by atoms with E-state index in [1.807, 2.05) is 18.2 Å². The van der Waals surface area contributed by atoms with Crippen molar-refractivity contribution in [1.82, 2.24) is 9.88 Å². The molecule has 0 aromatic carbocycles. The summed E-state index contributed by atoms with van der Waals surface area (Å²) in [6, 6.07) is 5.63. The van der Waals surface area contributed by atoms with Gasteiger partial charge < -0.3 is 10.5 Å². The van der Waals surface area contributed by atoms with Gasteiger partial charge in [-0.2, -0.15) is 0 Å². The summed E-state index contributed by atoms with van der Waals surface area (Å²) in [6.07, 6.45) is 3.26. The molecule has 1 aliphatic rings. The third-order valence-corrected chi connectivity index (χ3v) is 3.66. The van der Waals surface area contributed by atoms with E-state index in [0.29, 0.717) is 32.7 Å². The lowest BCUT2D eigenvalue weighted by Gasteiger charge is -2.43. The molecule has 0 radical (unpaired) electrons. The van der Waals surface area contributed by atoms with Crippen LogP contribution >= 0.6 is 0 Å². The minimum Gasteiger partial charge on any atom is -0.379 e. The molecule has 5 nitrogen and oxygen atoms in total. The van der Waals surface area contributed by atoms with Crippen molar-refractivity contribution in [3.05, 3.63) is 30.1 Å². The molecule has 1 unspecified atom stereocenters. The second-order valence-electron chi connectivity index (χ2n) is 4.79. The Morgan fingerprint density at radius 1 is 1.47 bits per heavy atom. The highest BCUT2D eigenvalue weighted by Crippen LogP contribution is 2.32. The number of carbonyl (C=O) groups is 1. The molecule has 0 spiro atoms. The highest BCUT2D eigenvalue weighted by atomic mass is 16.5. The maximum Gasteiger partial charge on any atom is 0.244 e. The van der Waals surface area contributed by atoms with Gasteiger partial charge in [-0.25, -0.2) is 0 Å². The van der Waals surface area contributed by atoms with Crippen LogP contribution in [0.4, 0.5) is 0 Å². The predicted molar refractivity (Wildman–Crippen MR) is 72.4 cm³/mol. The van der Waals surface area contributed by atoms with Gasteiger partial charge in [-0.3, -0.25) is 14.7 Å². The SMILES string of the molecule is CCCC(C(N)=O)(c1ccccn1)N1CCOCC1. The molecular weight excluding hydrogens is 242 g/mol. The first kappa shape index (κ1) is 14.0. The van der Waals surface area contributed by atoms with Crippen molar-refractivity contribution in [3.8, 4) is 0 Å². The number of rotatable bonds is 5. The Kier molecular flexibility index (Phi) is 4.50. The highest BCUT2D eigenvalue weighted by molar-refractivity contribution is 5.85. The molecule has 104 valence electrons. The molecule has 0 aliphatic carbocycles. The van der Waals surface area contributed by atoms with Crippen LogP contribution in [-0.2, 0) is 15.1 Å². The van der Waals surface area contributed by atoms with Crippen molar-refractivity contribution in [2.24, 2.45) is 5.73 Å². The molecule has 1 saturated heterocycles. The topological polar surface area (TPSA) is 68.5 Å². The fourth-order valence-corrected chi connectivity index (χ4v) is 2.77. The van der Waals surface area contributed by atoms with Gasteiger partial charge in [0.25, 0.3) is 0 Å². The van der Waals surface area contributed by atoms with E-state index in [9.17, 15) is 4.79 Å². The molecular formula is C14H21N3O2. The van der Waals surface area contributed by atoms with E-state index in [1.165, 1.54) is 0 Å². The van der Waals surface area contributed by atoms with Crippen LogP contribution in [0.5, 0.6) is 0 Å². The zero-order chi connectivity index (χ0) is 13.7. The van der Waals surface area contributed by atoms with Crippen LogP contribution in [0.2, 0.25) is 0 Å². The number of nitrogens with zero attached hydrogens (tertiary/aromatic N) is 2. The minimum absolute atomic E-state index is 0.324. The lowest BCUT2D eigenvalue weighted by atomic mass is 9.86. The summed E-state index contributed by atoms with van der Waals surface area (Å²) in [5.41, 5.74) is 5.70. The first-order valence-corrected chi connectivity index (χ1v) is 6.76. The van der Waals surface area contributed by atoms with Crippen molar-refractivity contribution in [1.29, 1.82) is 0 Å². The lowest BCUT2D eigenvalue weighted by molar-refractivity contribution is -0.136. The van der Waals surface area contributed by atoms with Gasteiger partial charge in [0.15, 0.2) is 0 Å². The van der Waals surface area contributed by atoms with Crippen LogP contribution in [0.3, 0.4) is 0 Å². The number of hydrogen-bond acceptors (Lipinski definition) is 4. The summed E-state index contributed by atoms with van der Waals surface area (Å²) in [6.45, 7) is 4.73. The minimum atomic E-state index is -0.806. The number of hydrogen-bond donors (Lipinski definition) is 1. The normalized spacial score (nSPS) is 19.8. The molecule has 0 bridgehead atoms. The van der Waals surface area contributed by atoms with E-state index < -0.39 is 5.54 Å². The Bertz CT molecular complexity index is 418. The van der Waals surface area contributed by atoms with Crippen LogP contribution in [-0.4, -0.2) is 42.1 Å². The predicted octanol–water partition coefficient (Wildman–Crippen LogP) is 0.895. The van der Waals surface area contributed by atoms with Crippen molar-refractivity contribution in [3.63, 3.8) is 0 Å². The van der Waals surface area contributed by atoms with Crippen molar-refractivity contribution >= 4 is 5.91 Å². The summed E-state index contributed by atoms with van der Waals surface area (Å²) in [7, 11) is 0. The van der Waals surface area contributed by atoms with Crippen LogP contribution < -0.4 is 5.73 Å². The van der Waals surface area contributed by atoms with Gasteiger partial charge in [0.05, 0.1) is 18.9 Å². The molecule has 2 heterocycles. The molecule has 1 amide bonds. The van der Waals surface area contributed by atoms with E-state index in [4.69, 9.17) is 10.5 Å². The number of ether oxygens (including phenoxy) is 1. The smallest absolute Gasteiger partial charge is 0.244 e. The number of primary amides is 1. The zero-order valence-corrected chi connectivity index (χ0v) is 11.3. The summed E-state index contributed by atoms with van der Waals surface area (Å²) in [5.74, 6) is -0.324. The van der Waals surface area contributed by atoms with E-state index in [1.54, 1.807) is 6.20 Å². The first-order chi connectivity index (χ1) is 9.21. The molecule has 19 heavy (non-hydrogen) atoms. The second kappa shape index (κ2) is 6.12. The van der Waals surface area contributed by atoms with Crippen LogP contribution in [0, 0.1) is 0 Å². The molecule has 1 fully saturated rings. The Hall–Kier alpha value is -1.46. The molecule has 0 saturated carbocycles. The van der Waals surface area contributed by atoms with E-state index >= 15 is 0 Å². The molecule has 1 aliphatic heterocycles. The van der Waals surface area contributed by atoms with Crippen molar-refractivity contribution < 1.29 is 9.53 Å². The standard InChI is InChI=1S/C14H21N3O2/c1-2-6-14(13(15)18,12-5-3-4-7-16-12)17-8-10-19-11-9-17/h3-5,7H,2,6,8-11H2,1H3,(H2,15,18). The summed E-state index contributed by atoms with van der Waals surface area (Å²) >= 11 is 0. The quantitative estimate of drug-likeness (QED) is 0.857. The third kappa shape index (κ3) is 2.62. The number of aromatic nitrogens is 1. The maximum absolute atomic E-state index is 12.2. The fraction of sp³-hybridized carbons (Fsp3) is 0.571. The van der Waals surface area contributed by atoms with Gasteiger partial charge in [0, 0.05) is 19.3 Å². The molecule has 5 heteroatoms. The molecule has 1 aromatic rings. The maximum atomic E-state index is 12.2. The molecule has 2 N–H and O–H groups in total. The van der Waals surface area contributed by atoms with Crippen LogP contribution in [0.15, 0.2) is 24.4 Å². The third-order valence-electron chi connectivity index (χ3n) is 3.66. The number of amides is 1. The van der Waals surface area contributed by atoms with Gasteiger partial charge >= 0.3 is 0 Å². The summed E-state index contributed by atoms with van der Waals surface area (Å²) < 4.78 is 5.37. The number of nitrogens with two attached hydrogens (primary N) is 1. The summed E-state index contributed by atoms with van der Waals surface area (Å²) in [5, 5.41) is 0. The Balaban J connectivity index is 2.43. The van der Waals surface area contributed by atoms with Gasteiger partial charge in [-0.05, 0) is 18.6 Å². The fourth-order valence-electron chi connectivity index (χ4n) is 2.77.